The Morgan fingerprint density at radius 3 is 2.58 bits per heavy atom. The Kier molecular flexibility index (Phi) is 6.84. The van der Waals surface area contributed by atoms with Gasteiger partial charge in [-0.3, -0.25) is 9.59 Å². The molecule has 4 rings (SSSR count). The number of ketones is 1. The number of hydrogen-bond donors (Lipinski definition) is 0. The minimum absolute atomic E-state index is 0.0473. The number of fused-ring (bicyclic) bond motifs is 1. The van der Waals surface area contributed by atoms with Crippen molar-refractivity contribution in [1.29, 1.82) is 0 Å². The summed E-state index contributed by atoms with van der Waals surface area (Å²) in [6.45, 7) is 6.24. The number of para-hydroxylation sites is 1. The summed E-state index contributed by atoms with van der Waals surface area (Å²) in [5.41, 5.74) is 1.11. The monoisotopic (exact) mass is 452 g/mol. The van der Waals surface area contributed by atoms with Crippen molar-refractivity contribution in [1.82, 2.24) is 9.80 Å². The summed E-state index contributed by atoms with van der Waals surface area (Å²) in [7, 11) is 3.10. The number of piperazine rings is 1. The molecule has 0 aliphatic carbocycles. The van der Waals surface area contributed by atoms with Gasteiger partial charge >= 0.3 is 0 Å². The van der Waals surface area contributed by atoms with Gasteiger partial charge in [-0.15, -0.1) is 0 Å². The molecule has 2 heterocycles. The lowest BCUT2D eigenvalue weighted by Crippen LogP contribution is -2.49. The number of amides is 1. The van der Waals surface area contributed by atoms with Crippen molar-refractivity contribution in [3.63, 3.8) is 0 Å². The third-order valence-corrected chi connectivity index (χ3v) is 5.90. The molecule has 0 spiro atoms. The average Bonchev–Trinajstić information content (AvgIpc) is 3.16. The van der Waals surface area contributed by atoms with Crippen molar-refractivity contribution in [2.24, 2.45) is 0 Å². The number of carbonyl (C=O) groups is 2. The second kappa shape index (κ2) is 9.95. The first-order chi connectivity index (χ1) is 16.0. The molecule has 0 N–H and O–H groups in total. The zero-order valence-electron chi connectivity index (χ0n) is 19.1. The molecule has 1 amide bonds. The van der Waals surface area contributed by atoms with Gasteiger partial charge in [-0.1, -0.05) is 19.1 Å². The zero-order chi connectivity index (χ0) is 23.4. The predicted molar refractivity (Wildman–Crippen MR) is 123 cm³/mol. The number of allylic oxidation sites excluding steroid dienone is 1. The van der Waals surface area contributed by atoms with E-state index in [1.165, 1.54) is 0 Å². The van der Waals surface area contributed by atoms with Crippen LogP contribution in [-0.4, -0.2) is 75.0 Å². The summed E-state index contributed by atoms with van der Waals surface area (Å²) in [5.74, 6) is 1.85. The van der Waals surface area contributed by atoms with Gasteiger partial charge in [0.2, 0.25) is 5.78 Å². The van der Waals surface area contributed by atoms with Gasteiger partial charge in [0.1, 0.15) is 11.5 Å². The van der Waals surface area contributed by atoms with Crippen LogP contribution in [0.2, 0.25) is 0 Å². The lowest BCUT2D eigenvalue weighted by molar-refractivity contribution is -0.135. The molecule has 0 radical (unpaired) electrons. The minimum Gasteiger partial charge on any atom is -0.493 e. The largest absolute Gasteiger partial charge is 0.493 e. The van der Waals surface area contributed by atoms with Crippen LogP contribution in [0, 0.1) is 0 Å². The number of rotatable bonds is 7. The second-order valence-electron chi connectivity index (χ2n) is 7.78. The third-order valence-electron chi connectivity index (χ3n) is 5.90. The Morgan fingerprint density at radius 1 is 1.09 bits per heavy atom. The molecule has 174 valence electrons. The molecule has 1 saturated heterocycles. The van der Waals surface area contributed by atoms with Gasteiger partial charge in [-0.25, -0.2) is 0 Å². The topological polar surface area (TPSA) is 77.5 Å². The summed E-state index contributed by atoms with van der Waals surface area (Å²) >= 11 is 0. The molecule has 2 aliphatic rings. The first-order valence-electron chi connectivity index (χ1n) is 11.0. The van der Waals surface area contributed by atoms with Crippen molar-refractivity contribution in [2.75, 3.05) is 53.6 Å². The molecule has 8 nitrogen and oxygen atoms in total. The third kappa shape index (κ3) is 4.80. The van der Waals surface area contributed by atoms with Gasteiger partial charge in [0.25, 0.3) is 5.91 Å². The van der Waals surface area contributed by atoms with Gasteiger partial charge < -0.3 is 28.7 Å². The molecule has 0 unspecified atom stereocenters. The molecule has 2 aromatic rings. The van der Waals surface area contributed by atoms with Crippen molar-refractivity contribution in [2.45, 2.75) is 6.92 Å². The Morgan fingerprint density at radius 2 is 1.88 bits per heavy atom. The van der Waals surface area contributed by atoms with Gasteiger partial charge in [0.15, 0.2) is 23.9 Å². The van der Waals surface area contributed by atoms with Crippen LogP contribution in [0.3, 0.4) is 0 Å². The van der Waals surface area contributed by atoms with Crippen LogP contribution in [0.5, 0.6) is 23.0 Å². The van der Waals surface area contributed by atoms with Gasteiger partial charge in [-0.2, -0.15) is 0 Å². The highest BCUT2D eigenvalue weighted by atomic mass is 16.5. The molecule has 8 heteroatoms. The molecule has 33 heavy (non-hydrogen) atoms. The number of nitrogens with zero attached hydrogens (tertiary/aromatic N) is 2. The first-order valence-corrected chi connectivity index (χ1v) is 11.0. The summed E-state index contributed by atoms with van der Waals surface area (Å²) in [6, 6.07) is 10.4. The highest BCUT2D eigenvalue weighted by molar-refractivity contribution is 6.14. The number of Topliss-reactive ketones (excluding diaryl/α,β-unsaturated/α-hetero) is 1. The van der Waals surface area contributed by atoms with Gasteiger partial charge in [0.05, 0.1) is 19.8 Å². The van der Waals surface area contributed by atoms with Crippen molar-refractivity contribution in [3.8, 4) is 23.0 Å². The Bertz CT molecular complexity index is 1070. The van der Waals surface area contributed by atoms with Crippen LogP contribution in [-0.2, 0) is 4.79 Å². The fourth-order valence-corrected chi connectivity index (χ4v) is 3.97. The van der Waals surface area contributed by atoms with Crippen molar-refractivity contribution in [3.05, 3.63) is 53.3 Å². The van der Waals surface area contributed by atoms with E-state index in [2.05, 4.69) is 11.8 Å². The van der Waals surface area contributed by atoms with E-state index in [-0.39, 0.29) is 24.1 Å². The van der Waals surface area contributed by atoms with Gasteiger partial charge in [-0.05, 0) is 30.8 Å². The van der Waals surface area contributed by atoms with Crippen LogP contribution in [0.4, 0.5) is 0 Å². The molecule has 0 aromatic heterocycles. The van der Waals surface area contributed by atoms with E-state index in [1.54, 1.807) is 44.6 Å². The summed E-state index contributed by atoms with van der Waals surface area (Å²) in [4.78, 5) is 29.4. The lowest BCUT2D eigenvalue weighted by Gasteiger charge is -2.33. The molecule has 2 aliphatic heterocycles. The average molecular weight is 453 g/mol. The van der Waals surface area contributed by atoms with E-state index < -0.39 is 0 Å². The number of hydrogen-bond acceptors (Lipinski definition) is 7. The van der Waals surface area contributed by atoms with E-state index in [0.29, 0.717) is 47.2 Å². The molecular formula is C25H28N2O6. The zero-order valence-corrected chi connectivity index (χ0v) is 19.1. The number of ether oxygens (including phenoxy) is 4. The van der Waals surface area contributed by atoms with Crippen LogP contribution in [0.15, 0.2) is 42.2 Å². The number of benzene rings is 2. The van der Waals surface area contributed by atoms with E-state index >= 15 is 0 Å². The highest BCUT2D eigenvalue weighted by Crippen LogP contribution is 2.37. The molecule has 1 fully saturated rings. The van der Waals surface area contributed by atoms with Gasteiger partial charge in [0, 0.05) is 37.8 Å². The maximum Gasteiger partial charge on any atom is 0.260 e. The Labute approximate surface area is 193 Å². The number of carbonyl (C=O) groups excluding carboxylic acids is 2. The highest BCUT2D eigenvalue weighted by Gasteiger charge is 2.28. The van der Waals surface area contributed by atoms with E-state index in [9.17, 15) is 9.59 Å². The predicted octanol–water partition coefficient (Wildman–Crippen LogP) is 2.86. The number of likely N-dealkylation sites (N-methyl/N-ethyl adjacent to an activating group) is 1. The van der Waals surface area contributed by atoms with Crippen LogP contribution in [0.1, 0.15) is 22.8 Å². The Hall–Kier alpha value is -3.52. The van der Waals surface area contributed by atoms with Crippen LogP contribution >= 0.6 is 0 Å². The summed E-state index contributed by atoms with van der Waals surface area (Å²) < 4.78 is 22.3. The van der Waals surface area contributed by atoms with Crippen LogP contribution < -0.4 is 18.9 Å². The van der Waals surface area contributed by atoms with E-state index in [1.807, 2.05) is 17.0 Å². The quantitative estimate of drug-likeness (QED) is 0.598. The minimum atomic E-state index is -0.230. The van der Waals surface area contributed by atoms with E-state index in [0.717, 1.165) is 19.6 Å². The SMILES string of the molecule is CCN1CCN(C(=O)COc2ccc3c(c2)OC(=Cc2cccc(OC)c2OC)C3=O)CC1. The van der Waals surface area contributed by atoms with E-state index in [4.69, 9.17) is 18.9 Å². The smallest absolute Gasteiger partial charge is 0.260 e. The molecular weight excluding hydrogens is 424 g/mol. The maximum absolute atomic E-state index is 12.8. The van der Waals surface area contributed by atoms with Crippen LogP contribution in [0.25, 0.3) is 6.08 Å². The maximum atomic E-state index is 12.8. The summed E-state index contributed by atoms with van der Waals surface area (Å²) in [5, 5.41) is 0. The second-order valence-corrected chi connectivity index (χ2v) is 7.78. The fourth-order valence-electron chi connectivity index (χ4n) is 3.97. The molecule has 2 aromatic carbocycles. The molecule has 0 saturated carbocycles. The standard InChI is InChI=1S/C25H28N2O6/c1-4-26-10-12-27(13-11-26)23(28)16-32-18-8-9-19-21(15-18)33-22(24(19)29)14-17-6-5-7-20(30-2)25(17)31-3/h5-9,14-15H,4,10-13,16H2,1-3H3. The van der Waals surface area contributed by atoms with Crippen molar-refractivity contribution >= 4 is 17.8 Å². The summed E-state index contributed by atoms with van der Waals surface area (Å²) in [6.07, 6.45) is 1.63. The van der Waals surface area contributed by atoms with Crippen molar-refractivity contribution < 1.29 is 28.5 Å². The Balaban J connectivity index is 1.43. The molecule has 0 bridgehead atoms. The lowest BCUT2D eigenvalue weighted by atomic mass is 10.1. The first kappa shape index (κ1) is 22.7. The molecule has 0 atom stereocenters. The fraction of sp³-hybridized carbons (Fsp3) is 0.360. The number of methoxy groups -OCH3 is 2. The normalized spacial score (nSPS) is 17.0.